The van der Waals surface area contributed by atoms with E-state index >= 15 is 0 Å². The van der Waals surface area contributed by atoms with Crippen molar-refractivity contribution in [2.24, 2.45) is 0 Å². The molecule has 0 unspecified atom stereocenters. The maximum atomic E-state index is 3.04. The molecule has 0 fully saturated rings. The van der Waals surface area contributed by atoms with Gasteiger partial charge in [-0.2, -0.15) is 5.53 Å². The second-order valence-corrected chi connectivity index (χ2v) is 2.49. The fraction of sp³-hybridized carbons (Fsp3) is 0.333. The van der Waals surface area contributed by atoms with Gasteiger partial charge in [0.05, 0.1) is 0 Å². The largest absolute Gasteiger partial charge is 0.244 e. The maximum Gasteiger partial charge on any atom is 0.0364 e. The molecule has 3 heteroatoms. The fourth-order valence-electron chi connectivity index (χ4n) is 0.893. The van der Waals surface area contributed by atoms with Crippen molar-refractivity contribution in [1.82, 2.24) is 16.4 Å². The monoisotopic (exact) mass is 165 g/mol. The average molecular weight is 165 g/mol. The summed E-state index contributed by atoms with van der Waals surface area (Å²) >= 11 is 0. The summed E-state index contributed by atoms with van der Waals surface area (Å²) in [7, 11) is 0. The van der Waals surface area contributed by atoms with E-state index in [1.807, 2.05) is 25.1 Å². The van der Waals surface area contributed by atoms with Crippen molar-refractivity contribution in [3.05, 3.63) is 35.9 Å². The first-order valence-electron chi connectivity index (χ1n) is 4.18. The van der Waals surface area contributed by atoms with Crippen LogP contribution in [0.15, 0.2) is 30.3 Å². The Balaban J connectivity index is 2.16. The predicted octanol–water partition coefficient (Wildman–Crippen LogP) is 0.805. The van der Waals surface area contributed by atoms with Gasteiger partial charge in [0.15, 0.2) is 0 Å². The minimum atomic E-state index is 0.827. The summed E-state index contributed by atoms with van der Waals surface area (Å²) < 4.78 is 0. The summed E-state index contributed by atoms with van der Waals surface area (Å²) in [6.45, 7) is 3.77. The summed E-state index contributed by atoms with van der Waals surface area (Å²) in [6, 6.07) is 10.2. The van der Waals surface area contributed by atoms with Crippen LogP contribution in [-0.4, -0.2) is 6.54 Å². The van der Waals surface area contributed by atoms with E-state index in [-0.39, 0.29) is 0 Å². The van der Waals surface area contributed by atoms with Crippen molar-refractivity contribution >= 4 is 0 Å². The molecule has 0 bridgehead atoms. The lowest BCUT2D eigenvalue weighted by molar-refractivity contribution is 0.442. The van der Waals surface area contributed by atoms with E-state index in [9.17, 15) is 0 Å². The van der Waals surface area contributed by atoms with Crippen molar-refractivity contribution < 1.29 is 0 Å². The molecule has 0 aromatic heterocycles. The van der Waals surface area contributed by atoms with Gasteiger partial charge in [0.1, 0.15) is 0 Å². The van der Waals surface area contributed by atoms with E-state index in [1.165, 1.54) is 5.56 Å². The summed E-state index contributed by atoms with van der Waals surface area (Å²) in [6.07, 6.45) is 0. The van der Waals surface area contributed by atoms with Crippen LogP contribution < -0.4 is 16.4 Å². The first-order chi connectivity index (χ1) is 5.93. The Bertz CT molecular complexity index is 198. The summed E-state index contributed by atoms with van der Waals surface area (Å²) in [4.78, 5) is 0. The van der Waals surface area contributed by atoms with Crippen molar-refractivity contribution in [3.8, 4) is 0 Å². The molecule has 0 amide bonds. The molecule has 3 N–H and O–H groups in total. The number of hydrogen-bond acceptors (Lipinski definition) is 3. The fourth-order valence-corrected chi connectivity index (χ4v) is 0.893. The standard InChI is InChI=1S/C9H15N3/c1-2-10-12-11-8-9-6-4-3-5-7-9/h3-7,10-12H,2,8H2,1H3. The van der Waals surface area contributed by atoms with E-state index in [0.717, 1.165) is 13.1 Å². The smallest absolute Gasteiger partial charge is 0.0364 e. The lowest BCUT2D eigenvalue weighted by Gasteiger charge is -2.06. The number of benzene rings is 1. The van der Waals surface area contributed by atoms with Gasteiger partial charge in [-0.05, 0) is 5.56 Å². The second kappa shape index (κ2) is 5.71. The normalized spacial score (nSPS) is 10.1. The third-order valence-corrected chi connectivity index (χ3v) is 1.49. The van der Waals surface area contributed by atoms with Crippen molar-refractivity contribution in [2.75, 3.05) is 6.54 Å². The summed E-state index contributed by atoms with van der Waals surface area (Å²) in [5, 5.41) is 0. The average Bonchev–Trinajstić information content (AvgIpc) is 2.14. The van der Waals surface area contributed by atoms with Gasteiger partial charge in [0.2, 0.25) is 0 Å². The van der Waals surface area contributed by atoms with Crippen LogP contribution in [0.5, 0.6) is 0 Å². The second-order valence-electron chi connectivity index (χ2n) is 2.49. The summed E-state index contributed by atoms with van der Waals surface area (Å²) in [5.41, 5.74) is 10.1. The molecule has 0 spiro atoms. The number of rotatable bonds is 5. The molecule has 3 nitrogen and oxygen atoms in total. The van der Waals surface area contributed by atoms with Gasteiger partial charge in [0.25, 0.3) is 0 Å². The molecule has 0 heterocycles. The van der Waals surface area contributed by atoms with Crippen molar-refractivity contribution in [3.63, 3.8) is 0 Å². The highest BCUT2D eigenvalue weighted by Crippen LogP contribution is 1.95. The molecule has 1 aromatic carbocycles. The van der Waals surface area contributed by atoms with E-state index in [4.69, 9.17) is 0 Å². The first kappa shape index (κ1) is 9.19. The van der Waals surface area contributed by atoms with Crippen LogP contribution in [0, 0.1) is 0 Å². The highest BCUT2D eigenvalue weighted by Gasteiger charge is 1.87. The zero-order chi connectivity index (χ0) is 8.65. The van der Waals surface area contributed by atoms with Crippen LogP contribution in [0.2, 0.25) is 0 Å². The van der Waals surface area contributed by atoms with Gasteiger partial charge in [-0.3, -0.25) is 0 Å². The Labute approximate surface area is 73.1 Å². The quantitative estimate of drug-likeness (QED) is 0.446. The third-order valence-electron chi connectivity index (χ3n) is 1.49. The van der Waals surface area contributed by atoms with Gasteiger partial charge in [-0.25, -0.2) is 10.9 Å². The Morgan fingerprint density at radius 2 is 1.83 bits per heavy atom. The van der Waals surface area contributed by atoms with Gasteiger partial charge >= 0.3 is 0 Å². The van der Waals surface area contributed by atoms with Gasteiger partial charge in [-0.15, -0.1) is 0 Å². The molecular formula is C9H15N3. The van der Waals surface area contributed by atoms with Crippen LogP contribution in [0.3, 0.4) is 0 Å². The van der Waals surface area contributed by atoms with Gasteiger partial charge < -0.3 is 0 Å². The Hall–Kier alpha value is -0.900. The Morgan fingerprint density at radius 1 is 1.08 bits per heavy atom. The minimum Gasteiger partial charge on any atom is -0.244 e. The van der Waals surface area contributed by atoms with E-state index in [2.05, 4.69) is 28.5 Å². The zero-order valence-corrected chi connectivity index (χ0v) is 7.30. The topological polar surface area (TPSA) is 36.1 Å². The molecule has 0 saturated heterocycles. The Kier molecular flexibility index (Phi) is 4.37. The number of hydrogen-bond donors (Lipinski definition) is 3. The van der Waals surface area contributed by atoms with Gasteiger partial charge in [0, 0.05) is 13.1 Å². The third kappa shape index (κ3) is 3.48. The molecule has 0 aliphatic carbocycles. The highest BCUT2D eigenvalue weighted by atomic mass is 15.6. The lowest BCUT2D eigenvalue weighted by atomic mass is 10.2. The number of hydrazine groups is 2. The van der Waals surface area contributed by atoms with Crippen LogP contribution in [0.1, 0.15) is 12.5 Å². The van der Waals surface area contributed by atoms with Gasteiger partial charge in [-0.1, -0.05) is 37.3 Å². The molecule has 0 radical (unpaired) electrons. The molecule has 0 saturated carbocycles. The molecule has 1 rings (SSSR count). The molecule has 1 aromatic rings. The van der Waals surface area contributed by atoms with Crippen molar-refractivity contribution in [2.45, 2.75) is 13.5 Å². The van der Waals surface area contributed by atoms with Crippen LogP contribution >= 0.6 is 0 Å². The molecule has 12 heavy (non-hydrogen) atoms. The first-order valence-corrected chi connectivity index (χ1v) is 4.18. The molecular weight excluding hydrogens is 150 g/mol. The van der Waals surface area contributed by atoms with E-state index in [0.29, 0.717) is 0 Å². The SMILES string of the molecule is CCNNNCc1ccccc1. The van der Waals surface area contributed by atoms with Crippen LogP contribution in [0.4, 0.5) is 0 Å². The lowest BCUT2D eigenvalue weighted by Crippen LogP contribution is -2.42. The maximum absolute atomic E-state index is 3.04. The van der Waals surface area contributed by atoms with Crippen molar-refractivity contribution in [1.29, 1.82) is 0 Å². The molecule has 0 aliphatic rings. The van der Waals surface area contributed by atoms with E-state index < -0.39 is 0 Å². The van der Waals surface area contributed by atoms with Crippen LogP contribution in [-0.2, 0) is 6.54 Å². The minimum absolute atomic E-state index is 0.827. The number of nitrogens with one attached hydrogen (secondary N) is 3. The summed E-state index contributed by atoms with van der Waals surface area (Å²) in [5.74, 6) is 0. The zero-order valence-electron chi connectivity index (χ0n) is 7.30. The molecule has 66 valence electrons. The molecule has 0 aliphatic heterocycles. The van der Waals surface area contributed by atoms with E-state index in [1.54, 1.807) is 0 Å². The Morgan fingerprint density at radius 3 is 2.50 bits per heavy atom. The highest BCUT2D eigenvalue weighted by molar-refractivity contribution is 5.13. The van der Waals surface area contributed by atoms with Crippen LogP contribution in [0.25, 0.3) is 0 Å². The predicted molar refractivity (Wildman–Crippen MR) is 50.1 cm³/mol. The molecule has 0 atom stereocenters.